The van der Waals surface area contributed by atoms with Crippen LogP contribution in [0.2, 0.25) is 1.41 Å². The van der Waals surface area contributed by atoms with E-state index in [1.807, 2.05) is 30.3 Å². The summed E-state index contributed by atoms with van der Waals surface area (Å²) in [5.41, 5.74) is 0.934. The van der Waals surface area contributed by atoms with Gasteiger partial charge in [-0.15, -0.1) is 0 Å². The summed E-state index contributed by atoms with van der Waals surface area (Å²) in [4.78, 5) is 3.95. The Hall–Kier alpha value is -1.64. The van der Waals surface area contributed by atoms with Gasteiger partial charge in [-0.05, 0) is 0 Å². The quantitative estimate of drug-likeness (QED) is 0.661. The number of aromatic nitrogens is 3. The molecule has 2 aromatic rings. The van der Waals surface area contributed by atoms with Crippen molar-refractivity contribution in [2.24, 2.45) is 0 Å². The normalized spacial score (nSPS) is 11.1. The smallest absolute Gasteiger partial charge is 0.191 e. The van der Waals surface area contributed by atoms with Crippen LogP contribution in [0.1, 0.15) is 0 Å². The molecule has 0 atom stereocenters. The second-order valence-corrected chi connectivity index (χ2v) is 2.15. The Balaban J connectivity index is 2.45. The van der Waals surface area contributed by atoms with Crippen molar-refractivity contribution >= 4 is 0 Å². The first-order chi connectivity index (χ1) is 5.86. The van der Waals surface area contributed by atoms with E-state index in [1.165, 1.54) is 6.33 Å². The molecule has 0 radical (unpaired) electrons. The highest BCUT2D eigenvalue weighted by Gasteiger charge is 1.97. The Labute approximate surface area is 65.6 Å². The van der Waals surface area contributed by atoms with Crippen molar-refractivity contribution in [3.63, 3.8) is 0 Å². The average Bonchev–Trinajstić information content (AvgIpc) is 2.54. The number of hydrogen-bond donors (Lipinski definition) is 1. The van der Waals surface area contributed by atoms with Gasteiger partial charge in [-0.3, -0.25) is 5.09 Å². The molecular weight excluding hydrogens is 138 g/mol. The van der Waals surface area contributed by atoms with Crippen LogP contribution < -0.4 is 0 Å². The van der Waals surface area contributed by atoms with Crippen LogP contribution in [-0.4, -0.2) is 15.2 Å². The Kier molecular flexibility index (Phi) is 1.17. The van der Waals surface area contributed by atoms with E-state index in [0.717, 1.165) is 10.7 Å². The van der Waals surface area contributed by atoms with E-state index in [4.69, 9.17) is 1.41 Å². The molecule has 2 rings (SSSR count). The van der Waals surface area contributed by atoms with Gasteiger partial charge in [0.15, 0.2) is 7.24 Å². The number of rotatable bonds is 1. The van der Waals surface area contributed by atoms with E-state index in [0.29, 0.717) is 5.82 Å². The molecule has 0 saturated carbocycles. The van der Waals surface area contributed by atoms with Crippen molar-refractivity contribution in [1.29, 1.82) is 0 Å². The van der Waals surface area contributed by atoms with Gasteiger partial charge in [0.2, 0.25) is 0 Å². The summed E-state index contributed by atoms with van der Waals surface area (Å²) in [6.07, 6.45) is 1.36. The largest absolute Gasteiger partial charge is 0.265 e. The third kappa shape index (κ3) is 1.12. The standard InChI is InChI=1S/C8H7N3/c1-2-4-7(5-3-1)8-9-6-10-11-8/h1-6H,(H,9,10,11)/i/hD. The molecule has 0 unspecified atom stereocenters. The molecule has 0 aliphatic carbocycles. The van der Waals surface area contributed by atoms with E-state index >= 15 is 0 Å². The first kappa shape index (κ1) is 5.07. The van der Waals surface area contributed by atoms with Crippen LogP contribution in [0.15, 0.2) is 36.7 Å². The number of H-pyrrole nitrogens is 1. The monoisotopic (exact) mass is 146 g/mol. The zero-order valence-corrected chi connectivity index (χ0v) is 5.81. The molecule has 0 saturated heterocycles. The van der Waals surface area contributed by atoms with Gasteiger partial charge in [0.25, 0.3) is 0 Å². The predicted octanol–water partition coefficient (Wildman–Crippen LogP) is 1.47. The molecule has 0 bridgehead atoms. The maximum atomic E-state index is 7.11. The number of nitrogens with zero attached hydrogens (tertiary/aromatic N) is 2. The minimum absolute atomic E-state index is 0.589. The van der Waals surface area contributed by atoms with Crippen molar-refractivity contribution in [1.82, 2.24) is 15.2 Å². The molecule has 1 N–H and O–H groups in total. The summed E-state index contributed by atoms with van der Waals surface area (Å²) in [7, 11) is 0. The highest BCUT2D eigenvalue weighted by atomic mass is 15.2. The zero-order valence-electron chi connectivity index (χ0n) is 6.81. The minimum Gasteiger partial charge on any atom is -0.265 e. The van der Waals surface area contributed by atoms with Crippen molar-refractivity contribution < 1.29 is 1.41 Å². The maximum absolute atomic E-state index is 7.11. The SMILES string of the molecule is [2H]n1cnc(-c2ccccc2)n1. The molecule has 1 aromatic carbocycles. The summed E-state index contributed by atoms with van der Waals surface area (Å²) in [6.45, 7) is 0. The highest BCUT2D eigenvalue weighted by molar-refractivity contribution is 5.53. The third-order valence-electron chi connectivity index (χ3n) is 1.42. The number of benzene rings is 1. The summed E-state index contributed by atoms with van der Waals surface area (Å²) in [5.74, 6) is 0.589. The van der Waals surface area contributed by atoms with Gasteiger partial charge in [-0.1, -0.05) is 30.3 Å². The molecule has 0 aliphatic rings. The van der Waals surface area contributed by atoms with E-state index in [9.17, 15) is 0 Å². The van der Waals surface area contributed by atoms with Crippen molar-refractivity contribution in [2.75, 3.05) is 0 Å². The van der Waals surface area contributed by atoms with Gasteiger partial charge in [0.05, 0.1) is 0 Å². The van der Waals surface area contributed by atoms with Crippen molar-refractivity contribution in [3.05, 3.63) is 36.7 Å². The summed E-state index contributed by atoms with van der Waals surface area (Å²) in [6, 6.07) is 9.59. The maximum Gasteiger partial charge on any atom is 0.191 e. The Morgan fingerprint density at radius 3 is 2.73 bits per heavy atom. The van der Waals surface area contributed by atoms with Gasteiger partial charge < -0.3 is 0 Å². The number of hydrogen-bond acceptors (Lipinski definition) is 2. The van der Waals surface area contributed by atoms with E-state index in [1.54, 1.807) is 0 Å². The molecule has 54 valence electrons. The fourth-order valence-corrected chi connectivity index (χ4v) is 0.906. The first-order valence-electron chi connectivity index (χ1n) is 3.77. The minimum atomic E-state index is 0.589. The Morgan fingerprint density at radius 1 is 1.27 bits per heavy atom. The molecule has 0 spiro atoms. The van der Waals surface area contributed by atoms with Crippen LogP contribution in [0.25, 0.3) is 11.4 Å². The highest BCUT2D eigenvalue weighted by Crippen LogP contribution is 2.10. The first-order valence-corrected chi connectivity index (χ1v) is 3.32. The number of nitrogens with one attached hydrogen (secondary N) is 1. The van der Waals surface area contributed by atoms with Crippen LogP contribution in [0, 0.1) is 0 Å². The fraction of sp³-hybridized carbons (Fsp3) is 0. The molecule has 0 aliphatic heterocycles. The Bertz CT molecular complexity index is 369. The van der Waals surface area contributed by atoms with Gasteiger partial charge in [0, 0.05) is 5.56 Å². The predicted molar refractivity (Wildman–Crippen MR) is 41.8 cm³/mol. The zero-order chi connectivity index (χ0) is 8.39. The fourth-order valence-electron chi connectivity index (χ4n) is 0.906. The van der Waals surface area contributed by atoms with Crippen LogP contribution >= 0.6 is 0 Å². The lowest BCUT2D eigenvalue weighted by molar-refractivity contribution is 1.10. The second-order valence-electron chi connectivity index (χ2n) is 2.15. The summed E-state index contributed by atoms with van der Waals surface area (Å²) < 4.78 is 7.11. The van der Waals surface area contributed by atoms with Crippen molar-refractivity contribution in [3.8, 4) is 11.4 Å². The van der Waals surface area contributed by atoms with Gasteiger partial charge >= 0.3 is 0 Å². The van der Waals surface area contributed by atoms with Gasteiger partial charge in [0.1, 0.15) is 6.33 Å². The molecular formula is C8H7N3. The lowest BCUT2D eigenvalue weighted by Crippen LogP contribution is -1.78. The average molecular weight is 146 g/mol. The second kappa shape index (κ2) is 2.54. The number of aromatic amines is 1. The van der Waals surface area contributed by atoms with E-state index in [2.05, 4.69) is 10.1 Å². The van der Waals surface area contributed by atoms with Gasteiger partial charge in [-0.2, -0.15) is 5.10 Å². The lowest BCUT2D eigenvalue weighted by atomic mass is 10.2. The van der Waals surface area contributed by atoms with Gasteiger partial charge in [-0.25, -0.2) is 4.98 Å². The van der Waals surface area contributed by atoms with E-state index < -0.39 is 0 Å². The van der Waals surface area contributed by atoms with Crippen molar-refractivity contribution in [2.45, 2.75) is 0 Å². The molecule has 0 fully saturated rings. The molecule has 1 heterocycles. The van der Waals surface area contributed by atoms with Crippen LogP contribution in [0.5, 0.6) is 0 Å². The van der Waals surface area contributed by atoms with Crippen LogP contribution in [0.4, 0.5) is 0 Å². The molecule has 0 amide bonds. The van der Waals surface area contributed by atoms with Crippen LogP contribution in [-0.2, 0) is 0 Å². The molecule has 1 aromatic heterocycles. The molecule has 3 heteroatoms. The summed E-state index contributed by atoms with van der Waals surface area (Å²) >= 11 is 0. The topological polar surface area (TPSA) is 41.6 Å². The summed E-state index contributed by atoms with van der Waals surface area (Å²) in [5, 5.41) is 4.80. The van der Waals surface area contributed by atoms with Crippen LogP contribution in [0.3, 0.4) is 0 Å². The lowest BCUT2D eigenvalue weighted by Gasteiger charge is -1.90. The molecule has 11 heavy (non-hydrogen) atoms. The third-order valence-corrected chi connectivity index (χ3v) is 1.42. The Morgan fingerprint density at radius 2 is 2.09 bits per heavy atom. The molecule has 3 nitrogen and oxygen atoms in total. The van der Waals surface area contributed by atoms with E-state index in [-0.39, 0.29) is 0 Å².